The van der Waals surface area contributed by atoms with E-state index < -0.39 is 16.0 Å². The summed E-state index contributed by atoms with van der Waals surface area (Å²) in [5.41, 5.74) is 4.26. The first kappa shape index (κ1) is 27.4. The van der Waals surface area contributed by atoms with Crippen molar-refractivity contribution in [2.45, 2.75) is 18.2 Å². The molecule has 0 unspecified atom stereocenters. The highest BCUT2D eigenvalue weighted by Gasteiger charge is 2.19. The summed E-state index contributed by atoms with van der Waals surface area (Å²) >= 11 is 1.08. The molecule has 0 radical (unpaired) electrons. The molecule has 0 bridgehead atoms. The van der Waals surface area contributed by atoms with E-state index in [9.17, 15) is 18.0 Å². The standard InChI is InChI=1S/C26H23N5O6S2/c1-17-8-6-7-11-20(17)25(33)28-26-31-30-24(38-26)15-23(32)29-27-16-18-12-13-21(22(14-18)36-2)37-39(34,35)19-9-4-3-5-10-19/h3-14,16H,15H2,1-2H3,(H,29,32)(H,28,31,33)/b27-16+. The number of hydrogen-bond acceptors (Lipinski definition) is 10. The Morgan fingerprint density at radius 3 is 2.49 bits per heavy atom. The Labute approximate surface area is 228 Å². The number of carbonyl (C=O) groups excluding carboxylic acids is 2. The van der Waals surface area contributed by atoms with Crippen LogP contribution in [0, 0.1) is 6.92 Å². The zero-order valence-corrected chi connectivity index (χ0v) is 22.5. The number of amides is 2. The van der Waals surface area contributed by atoms with Gasteiger partial charge in [0, 0.05) is 5.56 Å². The van der Waals surface area contributed by atoms with Crippen LogP contribution in [0.3, 0.4) is 0 Å². The van der Waals surface area contributed by atoms with E-state index in [1.165, 1.54) is 37.6 Å². The number of hydrogen-bond donors (Lipinski definition) is 2. The van der Waals surface area contributed by atoms with Gasteiger partial charge < -0.3 is 8.92 Å². The van der Waals surface area contributed by atoms with E-state index in [1.54, 1.807) is 36.4 Å². The van der Waals surface area contributed by atoms with Crippen LogP contribution in [0.1, 0.15) is 26.5 Å². The molecular formula is C26H23N5O6S2. The summed E-state index contributed by atoms with van der Waals surface area (Å²) in [6.07, 6.45) is 1.27. The van der Waals surface area contributed by atoms with Gasteiger partial charge in [0.25, 0.3) is 5.91 Å². The number of anilines is 1. The molecule has 2 amide bonds. The van der Waals surface area contributed by atoms with Crippen LogP contribution < -0.4 is 19.7 Å². The molecule has 0 aliphatic rings. The number of methoxy groups -OCH3 is 1. The molecule has 0 saturated carbocycles. The van der Waals surface area contributed by atoms with Gasteiger partial charge in [0.05, 0.1) is 19.7 Å². The van der Waals surface area contributed by atoms with Crippen LogP contribution in [0.4, 0.5) is 5.13 Å². The van der Waals surface area contributed by atoms with Gasteiger partial charge in [-0.2, -0.15) is 13.5 Å². The van der Waals surface area contributed by atoms with Crippen LogP contribution in [0.5, 0.6) is 11.5 Å². The van der Waals surface area contributed by atoms with Crippen molar-refractivity contribution in [3.63, 3.8) is 0 Å². The molecule has 0 aliphatic heterocycles. The first-order chi connectivity index (χ1) is 18.7. The molecule has 1 heterocycles. The van der Waals surface area contributed by atoms with Crippen molar-refractivity contribution in [2.75, 3.05) is 12.4 Å². The van der Waals surface area contributed by atoms with Crippen molar-refractivity contribution < 1.29 is 26.9 Å². The third-order valence-corrected chi connectivity index (χ3v) is 7.30. The number of aryl methyl sites for hydroxylation is 1. The Morgan fingerprint density at radius 1 is 1.00 bits per heavy atom. The van der Waals surface area contributed by atoms with Crippen molar-refractivity contribution in [2.24, 2.45) is 5.10 Å². The smallest absolute Gasteiger partial charge is 0.339 e. The van der Waals surface area contributed by atoms with Gasteiger partial charge >= 0.3 is 10.1 Å². The maximum atomic E-state index is 12.5. The zero-order chi connectivity index (χ0) is 27.8. The van der Waals surface area contributed by atoms with Gasteiger partial charge in [-0.15, -0.1) is 10.2 Å². The first-order valence-corrected chi connectivity index (χ1v) is 13.7. The van der Waals surface area contributed by atoms with E-state index in [2.05, 4.69) is 26.0 Å². The maximum absolute atomic E-state index is 12.5. The highest BCUT2D eigenvalue weighted by molar-refractivity contribution is 7.87. The molecule has 3 aromatic carbocycles. The molecule has 0 spiro atoms. The topological polar surface area (TPSA) is 149 Å². The summed E-state index contributed by atoms with van der Waals surface area (Å²) in [5.74, 6) is -0.586. The van der Waals surface area contributed by atoms with Crippen LogP contribution in [0.2, 0.25) is 0 Å². The van der Waals surface area contributed by atoms with Crippen molar-refractivity contribution in [1.29, 1.82) is 0 Å². The van der Waals surface area contributed by atoms with Gasteiger partial charge in [0.2, 0.25) is 11.0 Å². The molecule has 200 valence electrons. The van der Waals surface area contributed by atoms with Crippen LogP contribution >= 0.6 is 11.3 Å². The monoisotopic (exact) mass is 565 g/mol. The Bertz CT molecular complexity index is 1620. The third-order valence-electron chi connectivity index (χ3n) is 5.21. The lowest BCUT2D eigenvalue weighted by Crippen LogP contribution is -2.19. The van der Waals surface area contributed by atoms with Crippen molar-refractivity contribution >= 4 is 44.6 Å². The Morgan fingerprint density at radius 2 is 1.74 bits per heavy atom. The first-order valence-electron chi connectivity index (χ1n) is 11.4. The number of ether oxygens (including phenoxy) is 1. The number of aromatic nitrogens is 2. The minimum absolute atomic E-state index is 0.00382. The predicted molar refractivity (Wildman–Crippen MR) is 146 cm³/mol. The lowest BCUT2D eigenvalue weighted by atomic mass is 10.1. The number of nitrogens with one attached hydrogen (secondary N) is 2. The van der Waals surface area contributed by atoms with E-state index in [-0.39, 0.29) is 33.9 Å². The second-order valence-electron chi connectivity index (χ2n) is 8.00. The fraction of sp³-hybridized carbons (Fsp3) is 0.115. The average molecular weight is 566 g/mol. The minimum Gasteiger partial charge on any atom is -0.493 e. The molecule has 4 rings (SSSR count). The van der Waals surface area contributed by atoms with Crippen molar-refractivity contribution in [1.82, 2.24) is 15.6 Å². The Kier molecular flexibility index (Phi) is 8.63. The predicted octanol–water partition coefficient (Wildman–Crippen LogP) is 3.57. The van der Waals surface area contributed by atoms with E-state index in [1.807, 2.05) is 19.1 Å². The van der Waals surface area contributed by atoms with Crippen LogP contribution in [-0.4, -0.2) is 43.8 Å². The summed E-state index contributed by atoms with van der Waals surface area (Å²) in [5, 5.41) is 15.1. The molecule has 11 nitrogen and oxygen atoms in total. The molecular weight excluding hydrogens is 542 g/mol. The number of nitrogens with zero attached hydrogens (tertiary/aromatic N) is 3. The van der Waals surface area contributed by atoms with E-state index in [0.29, 0.717) is 16.1 Å². The summed E-state index contributed by atoms with van der Waals surface area (Å²) in [6.45, 7) is 1.83. The quantitative estimate of drug-likeness (QED) is 0.168. The molecule has 1 aromatic heterocycles. The fourth-order valence-electron chi connectivity index (χ4n) is 3.31. The van der Waals surface area contributed by atoms with E-state index in [0.717, 1.165) is 16.9 Å². The Balaban J connectivity index is 1.32. The highest BCUT2D eigenvalue weighted by Crippen LogP contribution is 2.30. The lowest BCUT2D eigenvalue weighted by Gasteiger charge is -2.11. The highest BCUT2D eigenvalue weighted by atomic mass is 32.2. The summed E-state index contributed by atoms with van der Waals surface area (Å²) in [4.78, 5) is 24.7. The minimum atomic E-state index is -4.04. The van der Waals surface area contributed by atoms with Gasteiger partial charge in [-0.3, -0.25) is 14.9 Å². The van der Waals surface area contributed by atoms with Crippen LogP contribution in [-0.2, 0) is 21.3 Å². The van der Waals surface area contributed by atoms with Crippen molar-refractivity contribution in [3.8, 4) is 11.5 Å². The normalized spacial score (nSPS) is 11.2. The van der Waals surface area contributed by atoms with Gasteiger partial charge in [-0.1, -0.05) is 47.7 Å². The number of benzene rings is 3. The SMILES string of the molecule is COc1cc(/C=N/NC(=O)Cc2nnc(NC(=O)c3ccccc3C)s2)ccc1OS(=O)(=O)c1ccccc1. The average Bonchev–Trinajstić information content (AvgIpc) is 3.36. The molecule has 13 heteroatoms. The van der Waals surface area contributed by atoms with Crippen molar-refractivity contribution in [3.05, 3.63) is 94.5 Å². The molecule has 0 fully saturated rings. The zero-order valence-electron chi connectivity index (χ0n) is 20.8. The largest absolute Gasteiger partial charge is 0.493 e. The Hall–Kier alpha value is -4.62. The maximum Gasteiger partial charge on any atom is 0.339 e. The molecule has 4 aromatic rings. The second kappa shape index (κ2) is 12.3. The van der Waals surface area contributed by atoms with Gasteiger partial charge in [0.1, 0.15) is 9.90 Å². The molecule has 2 N–H and O–H groups in total. The van der Waals surface area contributed by atoms with Gasteiger partial charge in [0.15, 0.2) is 11.5 Å². The van der Waals surface area contributed by atoms with Crippen LogP contribution in [0.25, 0.3) is 0 Å². The van der Waals surface area contributed by atoms with Gasteiger partial charge in [-0.05, 0) is 54.4 Å². The number of rotatable bonds is 10. The molecule has 39 heavy (non-hydrogen) atoms. The summed E-state index contributed by atoms with van der Waals surface area (Å²) < 4.78 is 35.5. The van der Waals surface area contributed by atoms with E-state index in [4.69, 9.17) is 8.92 Å². The summed E-state index contributed by atoms with van der Waals surface area (Å²) in [6, 6.07) is 19.4. The fourth-order valence-corrected chi connectivity index (χ4v) is 5.00. The van der Waals surface area contributed by atoms with E-state index >= 15 is 0 Å². The number of hydrazone groups is 1. The van der Waals surface area contributed by atoms with Crippen LogP contribution in [0.15, 0.2) is 82.8 Å². The third kappa shape index (κ3) is 7.24. The lowest BCUT2D eigenvalue weighted by molar-refractivity contribution is -0.120. The summed E-state index contributed by atoms with van der Waals surface area (Å²) in [7, 11) is -2.67. The molecule has 0 atom stereocenters. The second-order valence-corrected chi connectivity index (χ2v) is 10.6. The molecule has 0 saturated heterocycles. The number of carbonyl (C=O) groups is 2. The molecule has 0 aliphatic carbocycles. The van der Waals surface area contributed by atoms with Gasteiger partial charge in [-0.25, -0.2) is 5.43 Å².